The largest absolute Gasteiger partial charge is 0.256 e. The zero-order chi connectivity index (χ0) is 24.2. The second-order valence-electron chi connectivity index (χ2n) is 9.62. The summed E-state index contributed by atoms with van der Waals surface area (Å²) >= 11 is 0. The molecule has 0 aliphatic carbocycles. The van der Waals surface area contributed by atoms with E-state index in [0.717, 1.165) is 44.3 Å². The molecule has 0 saturated carbocycles. The second-order valence-corrected chi connectivity index (χ2v) is 11.6. The maximum Gasteiger partial charge on any atom is 0.243 e. The fraction of sp³-hybridized carbons (Fsp3) is 0.276. The van der Waals surface area contributed by atoms with E-state index in [2.05, 4.69) is 39.8 Å². The predicted molar refractivity (Wildman–Crippen MR) is 138 cm³/mol. The summed E-state index contributed by atoms with van der Waals surface area (Å²) in [5, 5.41) is 2.28. The van der Waals surface area contributed by atoms with Crippen LogP contribution in [-0.2, 0) is 23.1 Å². The highest BCUT2D eigenvalue weighted by molar-refractivity contribution is 7.89. The van der Waals surface area contributed by atoms with Crippen molar-refractivity contribution >= 4 is 20.8 Å². The minimum absolute atomic E-state index is 0.280. The van der Waals surface area contributed by atoms with Crippen molar-refractivity contribution in [1.29, 1.82) is 0 Å². The highest BCUT2D eigenvalue weighted by Gasteiger charge is 2.35. The molecule has 1 aliphatic rings. The number of aryl methyl sites for hydroxylation is 1. The fourth-order valence-electron chi connectivity index (χ4n) is 5.37. The average Bonchev–Trinajstić information content (AvgIpc) is 3.28. The smallest absolute Gasteiger partial charge is 0.243 e. The number of aromatic nitrogens is 1. The van der Waals surface area contributed by atoms with Gasteiger partial charge in [-0.1, -0.05) is 55.8 Å². The summed E-state index contributed by atoms with van der Waals surface area (Å²) in [5.41, 5.74) is 9.00. The van der Waals surface area contributed by atoms with Crippen LogP contribution in [0.15, 0.2) is 65.7 Å². The molecule has 4 aromatic rings. The minimum atomic E-state index is -3.58. The van der Waals surface area contributed by atoms with E-state index in [1.54, 1.807) is 16.4 Å². The number of fused-ring (bicyclic) bond motifs is 2. The van der Waals surface area contributed by atoms with Gasteiger partial charge >= 0.3 is 0 Å². The van der Waals surface area contributed by atoms with Crippen LogP contribution < -0.4 is 0 Å². The first kappa shape index (κ1) is 22.8. The van der Waals surface area contributed by atoms with E-state index in [1.165, 1.54) is 11.1 Å². The van der Waals surface area contributed by atoms with Crippen molar-refractivity contribution in [2.24, 2.45) is 0 Å². The summed E-state index contributed by atoms with van der Waals surface area (Å²) < 4.78 is 28.6. The van der Waals surface area contributed by atoms with Gasteiger partial charge in [0.05, 0.1) is 10.6 Å². The lowest BCUT2D eigenvalue weighted by atomic mass is 9.82. The van der Waals surface area contributed by atoms with Crippen LogP contribution in [0.2, 0.25) is 0 Å². The predicted octanol–water partition coefficient (Wildman–Crippen LogP) is 6.65. The van der Waals surface area contributed by atoms with E-state index in [9.17, 15) is 8.42 Å². The summed E-state index contributed by atoms with van der Waals surface area (Å²) in [5.74, 6) is 0.280. The van der Waals surface area contributed by atoms with Crippen molar-refractivity contribution < 1.29 is 8.42 Å². The van der Waals surface area contributed by atoms with Crippen LogP contribution >= 0.6 is 0 Å². The first-order valence-corrected chi connectivity index (χ1v) is 13.2. The lowest BCUT2D eigenvalue weighted by Crippen LogP contribution is -2.25. The molecule has 1 aliphatic heterocycles. The molecule has 0 atom stereocenters. The molecule has 0 bridgehead atoms. The van der Waals surface area contributed by atoms with E-state index in [-0.39, 0.29) is 5.92 Å². The molecule has 5 heteroatoms. The van der Waals surface area contributed by atoms with Crippen LogP contribution in [0.5, 0.6) is 0 Å². The monoisotopic (exact) mass is 470 g/mol. The van der Waals surface area contributed by atoms with Crippen LogP contribution in [0.3, 0.4) is 0 Å². The molecule has 34 heavy (non-hydrogen) atoms. The van der Waals surface area contributed by atoms with Gasteiger partial charge in [0.15, 0.2) is 0 Å². The van der Waals surface area contributed by atoms with Gasteiger partial charge in [-0.2, -0.15) is 4.31 Å². The van der Waals surface area contributed by atoms with E-state index in [1.807, 2.05) is 43.5 Å². The van der Waals surface area contributed by atoms with E-state index in [4.69, 9.17) is 4.98 Å². The fourth-order valence-corrected chi connectivity index (χ4v) is 6.74. The Labute approximate surface area is 202 Å². The van der Waals surface area contributed by atoms with Crippen molar-refractivity contribution in [1.82, 2.24) is 9.29 Å². The molecular weight excluding hydrogens is 440 g/mol. The third-order valence-corrected chi connectivity index (χ3v) is 8.94. The molecule has 0 spiro atoms. The number of benzene rings is 3. The Morgan fingerprint density at radius 2 is 1.50 bits per heavy atom. The molecule has 0 unspecified atom stereocenters. The summed E-state index contributed by atoms with van der Waals surface area (Å²) in [6.45, 7) is 11.4. The molecular formula is C29H30N2O2S. The molecule has 0 N–H and O–H groups in total. The average molecular weight is 471 g/mol. The van der Waals surface area contributed by atoms with Gasteiger partial charge in [-0.15, -0.1) is 0 Å². The first-order chi connectivity index (χ1) is 16.2. The van der Waals surface area contributed by atoms with Gasteiger partial charge in [0.2, 0.25) is 10.0 Å². The lowest BCUT2D eigenvalue weighted by molar-refractivity contribution is 0.431. The van der Waals surface area contributed by atoms with Crippen LogP contribution in [0, 0.1) is 20.8 Å². The number of hydrogen-bond donors (Lipinski definition) is 0. The van der Waals surface area contributed by atoms with Gasteiger partial charge in [-0.3, -0.25) is 4.98 Å². The van der Waals surface area contributed by atoms with E-state index in [0.29, 0.717) is 18.0 Å². The van der Waals surface area contributed by atoms with Crippen molar-refractivity contribution in [2.45, 2.75) is 58.5 Å². The number of pyridine rings is 1. The molecule has 174 valence electrons. The Morgan fingerprint density at radius 3 is 2.18 bits per heavy atom. The number of nitrogens with zero attached hydrogens (tertiary/aromatic N) is 2. The SMILES string of the molecule is Cc1ccc(S(=O)(=O)N2Cc3c(C)c(-c4nccc5ccccc45)c(C(C)C)c(C)c3C2)cc1. The molecule has 2 heterocycles. The Kier molecular flexibility index (Phi) is 5.58. The third-order valence-electron chi connectivity index (χ3n) is 7.13. The maximum atomic E-state index is 13.5. The summed E-state index contributed by atoms with van der Waals surface area (Å²) in [6.07, 6.45) is 1.87. The summed E-state index contributed by atoms with van der Waals surface area (Å²) in [4.78, 5) is 5.19. The lowest BCUT2D eigenvalue weighted by Gasteiger charge is -2.23. The Bertz CT molecular complexity index is 1520. The normalized spacial score (nSPS) is 14.2. The van der Waals surface area contributed by atoms with E-state index < -0.39 is 10.0 Å². The van der Waals surface area contributed by atoms with Crippen LogP contribution in [0.1, 0.15) is 53.1 Å². The van der Waals surface area contributed by atoms with Gasteiger partial charge < -0.3 is 0 Å². The first-order valence-electron chi connectivity index (χ1n) is 11.8. The van der Waals surface area contributed by atoms with Crippen molar-refractivity contribution in [3.8, 4) is 11.3 Å². The minimum Gasteiger partial charge on any atom is -0.256 e. The van der Waals surface area contributed by atoms with E-state index >= 15 is 0 Å². The molecule has 4 nitrogen and oxygen atoms in total. The number of sulfonamides is 1. The Morgan fingerprint density at radius 1 is 0.853 bits per heavy atom. The molecule has 3 aromatic carbocycles. The van der Waals surface area contributed by atoms with Crippen molar-refractivity contribution in [3.63, 3.8) is 0 Å². The van der Waals surface area contributed by atoms with Gasteiger partial charge in [-0.25, -0.2) is 8.42 Å². The van der Waals surface area contributed by atoms with Gasteiger partial charge in [0.1, 0.15) is 0 Å². The van der Waals surface area contributed by atoms with Gasteiger partial charge in [0.25, 0.3) is 0 Å². The Hall–Kier alpha value is -3.02. The van der Waals surface area contributed by atoms with Gasteiger partial charge in [-0.05, 0) is 78.1 Å². The maximum absolute atomic E-state index is 13.5. The molecule has 5 rings (SSSR count). The zero-order valence-electron chi connectivity index (χ0n) is 20.4. The van der Waals surface area contributed by atoms with Crippen molar-refractivity contribution in [3.05, 3.63) is 94.2 Å². The molecule has 1 aromatic heterocycles. The zero-order valence-corrected chi connectivity index (χ0v) is 21.2. The van der Waals surface area contributed by atoms with Crippen LogP contribution in [-0.4, -0.2) is 17.7 Å². The number of rotatable bonds is 4. The highest BCUT2D eigenvalue weighted by Crippen LogP contribution is 2.44. The molecule has 0 saturated heterocycles. The van der Waals surface area contributed by atoms with Gasteiger partial charge in [0, 0.05) is 30.2 Å². The number of hydrogen-bond acceptors (Lipinski definition) is 3. The highest BCUT2D eigenvalue weighted by atomic mass is 32.2. The summed E-state index contributed by atoms with van der Waals surface area (Å²) in [7, 11) is -3.58. The van der Waals surface area contributed by atoms with Crippen LogP contribution in [0.25, 0.3) is 22.0 Å². The third kappa shape index (κ3) is 3.55. The molecule has 0 fully saturated rings. The Balaban J connectivity index is 1.70. The topological polar surface area (TPSA) is 50.3 Å². The molecule has 0 radical (unpaired) electrons. The second kappa shape index (κ2) is 8.33. The molecule has 0 amide bonds. The van der Waals surface area contributed by atoms with Crippen molar-refractivity contribution in [2.75, 3.05) is 0 Å². The standard InChI is InChI=1S/C29H30N2O2S/c1-18(2)27-20(4)25-16-31(34(32,33)23-12-10-19(3)11-13-23)17-26(25)21(5)28(27)29-24-9-7-6-8-22(24)14-15-30-29/h6-15,18H,16-17H2,1-5H3. The van der Waals surface area contributed by atoms with Crippen LogP contribution in [0.4, 0.5) is 0 Å². The quantitative estimate of drug-likeness (QED) is 0.335. The summed E-state index contributed by atoms with van der Waals surface area (Å²) in [6, 6.07) is 17.5.